The zero-order valence-electron chi connectivity index (χ0n) is 17.7. The van der Waals surface area contributed by atoms with Gasteiger partial charge in [-0.25, -0.2) is 4.79 Å². The molecule has 2 aromatic heterocycles. The Bertz CT molecular complexity index is 1540. The van der Waals surface area contributed by atoms with Gasteiger partial charge in [0.2, 0.25) is 0 Å². The summed E-state index contributed by atoms with van der Waals surface area (Å²) in [5.74, 6) is -0.0453. The molecule has 1 fully saturated rings. The summed E-state index contributed by atoms with van der Waals surface area (Å²) in [5.41, 5.74) is 1.75. The van der Waals surface area contributed by atoms with Gasteiger partial charge >= 0.3 is 10.9 Å². The maximum absolute atomic E-state index is 12.7. The molecule has 0 saturated carbocycles. The van der Waals surface area contributed by atoms with E-state index >= 15 is 0 Å². The molecule has 0 bridgehead atoms. The van der Waals surface area contributed by atoms with Gasteiger partial charge in [0.25, 0.3) is 5.91 Å². The Labute approximate surface area is 216 Å². The van der Waals surface area contributed by atoms with E-state index in [1.807, 2.05) is 0 Å². The summed E-state index contributed by atoms with van der Waals surface area (Å²) in [7, 11) is 0. The van der Waals surface area contributed by atoms with Gasteiger partial charge in [0.05, 0.1) is 22.3 Å². The van der Waals surface area contributed by atoms with Gasteiger partial charge in [-0.15, -0.1) is 0 Å². The molecule has 0 atom stereocenters. The number of hydrogen-bond acceptors (Lipinski definition) is 9. The zero-order valence-corrected chi connectivity index (χ0v) is 20.9. The van der Waals surface area contributed by atoms with Gasteiger partial charge in [-0.1, -0.05) is 59.1 Å². The lowest BCUT2D eigenvalue weighted by Gasteiger charge is -2.14. The summed E-state index contributed by atoms with van der Waals surface area (Å²) >= 11 is 13.4. The van der Waals surface area contributed by atoms with Crippen LogP contribution < -0.4 is 9.68 Å². The largest absolute Gasteiger partial charge is 0.465 e. The number of benzene rings is 2. The molecule has 5 rings (SSSR count). The first kappa shape index (κ1) is 23.6. The Morgan fingerprint density at radius 1 is 1.17 bits per heavy atom. The molecule has 1 saturated heterocycles. The lowest BCUT2D eigenvalue weighted by atomic mass is 10.0. The van der Waals surface area contributed by atoms with Crippen molar-refractivity contribution in [2.24, 2.45) is 0 Å². The van der Waals surface area contributed by atoms with Gasteiger partial charge in [-0.05, 0) is 35.9 Å². The average molecular weight is 544 g/mol. The highest BCUT2D eigenvalue weighted by molar-refractivity contribution is 8.26. The predicted octanol–water partition coefficient (Wildman–Crippen LogP) is 5.96. The molecule has 0 unspecified atom stereocenters. The smallest absolute Gasteiger partial charge is 0.396 e. The highest BCUT2D eigenvalue weighted by atomic mass is 35.5. The van der Waals surface area contributed by atoms with Crippen LogP contribution in [0, 0.1) is 0 Å². The molecule has 35 heavy (non-hydrogen) atoms. The number of hydrogen-bond donors (Lipinski definition) is 0. The Morgan fingerprint density at radius 2 is 1.97 bits per heavy atom. The van der Waals surface area contributed by atoms with Crippen LogP contribution in [0.2, 0.25) is 5.02 Å². The first-order chi connectivity index (χ1) is 16.9. The molecule has 4 aromatic rings. The molecule has 0 aliphatic carbocycles. The summed E-state index contributed by atoms with van der Waals surface area (Å²) < 4.78 is 17.0. The van der Waals surface area contributed by atoms with Crippen molar-refractivity contribution >= 4 is 79.5 Å². The summed E-state index contributed by atoms with van der Waals surface area (Å²) in [5, 5.41) is 0.564. The summed E-state index contributed by atoms with van der Waals surface area (Å²) in [6.45, 7) is 0.0737. The Balaban J connectivity index is 1.31. The number of esters is 1. The number of thioether (sulfide) groups is 1. The number of halogens is 1. The Morgan fingerprint density at radius 3 is 2.71 bits per heavy atom. The fourth-order valence-corrected chi connectivity index (χ4v) is 5.57. The van der Waals surface area contributed by atoms with Crippen molar-refractivity contribution in [2.45, 2.75) is 6.42 Å². The minimum absolute atomic E-state index is 0.0730. The topological polar surface area (TPSA) is 90.0 Å². The zero-order chi connectivity index (χ0) is 24.5. The van der Waals surface area contributed by atoms with Crippen LogP contribution in [-0.4, -0.2) is 27.6 Å². The molecular weight excluding hydrogens is 530 g/mol. The fraction of sp³-hybridized carbons (Fsp3) is 0.0833. The van der Waals surface area contributed by atoms with Gasteiger partial charge in [0.15, 0.2) is 5.58 Å². The monoisotopic (exact) mass is 543 g/mol. The van der Waals surface area contributed by atoms with Crippen LogP contribution in [0.25, 0.3) is 27.5 Å². The number of rotatable bonds is 6. The van der Waals surface area contributed by atoms with E-state index in [-0.39, 0.29) is 24.6 Å². The molecule has 0 spiro atoms. The number of carbonyl (C=O) groups excluding carboxylic acids is 2. The number of fused-ring (bicyclic) bond motifs is 1. The third kappa shape index (κ3) is 5.10. The highest BCUT2D eigenvalue weighted by Crippen LogP contribution is 2.36. The minimum Gasteiger partial charge on any atom is -0.465 e. The molecule has 7 nitrogen and oxygen atoms in total. The third-order valence-electron chi connectivity index (χ3n) is 5.02. The second-order valence-corrected chi connectivity index (χ2v) is 10.4. The van der Waals surface area contributed by atoms with Gasteiger partial charge in [0, 0.05) is 29.3 Å². The van der Waals surface area contributed by atoms with Gasteiger partial charge in [0.1, 0.15) is 15.8 Å². The molecule has 2 aromatic carbocycles. The number of nitrogens with zero attached hydrogens (tertiary/aromatic N) is 1. The van der Waals surface area contributed by atoms with Crippen molar-refractivity contribution in [3.8, 4) is 16.9 Å². The number of amides is 1. The number of furan rings is 1. The highest BCUT2D eigenvalue weighted by Gasteiger charge is 2.32. The van der Waals surface area contributed by atoms with E-state index in [9.17, 15) is 14.4 Å². The van der Waals surface area contributed by atoms with Crippen molar-refractivity contribution in [2.75, 3.05) is 6.54 Å². The average Bonchev–Trinajstić information content (AvgIpc) is 3.53. The predicted molar refractivity (Wildman–Crippen MR) is 140 cm³/mol. The molecule has 3 heterocycles. The van der Waals surface area contributed by atoms with Crippen molar-refractivity contribution in [1.29, 1.82) is 0 Å². The van der Waals surface area contributed by atoms with Crippen LogP contribution >= 0.6 is 46.9 Å². The van der Waals surface area contributed by atoms with Crippen LogP contribution in [-0.2, 0) is 9.59 Å². The van der Waals surface area contributed by atoms with Crippen molar-refractivity contribution < 1.29 is 23.2 Å². The molecule has 1 aliphatic rings. The van der Waals surface area contributed by atoms with Crippen LogP contribution in [0.4, 0.5) is 0 Å². The van der Waals surface area contributed by atoms with Gasteiger partial charge < -0.3 is 13.6 Å². The van der Waals surface area contributed by atoms with Crippen molar-refractivity contribution in [1.82, 2.24) is 4.90 Å². The molecule has 0 radical (unpaired) electrons. The first-order valence-electron chi connectivity index (χ1n) is 10.2. The Hall–Kier alpha value is -3.18. The van der Waals surface area contributed by atoms with E-state index < -0.39 is 10.9 Å². The van der Waals surface area contributed by atoms with E-state index in [1.54, 1.807) is 54.6 Å². The van der Waals surface area contributed by atoms with Crippen LogP contribution in [0.1, 0.15) is 12.2 Å². The summed E-state index contributed by atoms with van der Waals surface area (Å²) in [4.78, 5) is 38.5. The van der Waals surface area contributed by atoms with Gasteiger partial charge in [-0.3, -0.25) is 14.5 Å². The second kappa shape index (κ2) is 9.82. The van der Waals surface area contributed by atoms with Crippen LogP contribution in [0.15, 0.2) is 73.3 Å². The molecule has 0 N–H and O–H groups in total. The first-order valence-corrected chi connectivity index (χ1v) is 12.6. The lowest BCUT2D eigenvalue weighted by Crippen LogP contribution is -2.31. The van der Waals surface area contributed by atoms with E-state index in [0.717, 1.165) is 28.7 Å². The SMILES string of the molecule is O=C(CCN1C(=O)C(=Cc2ccco2)SC1=S)Oc1cc(-c2ccc(Cl)cc2)c2oc(=O)sc2c1. The fourth-order valence-electron chi connectivity index (χ4n) is 3.44. The standard InChI is InChI=1S/C24H14ClNO6S3/c25-14-5-3-13(4-6-14)17-10-16(12-18-21(17)32-24(29)35-18)31-20(27)7-8-26-22(28)19(34-23(26)33)11-15-2-1-9-30-15/h1-6,9-12H,7-8H2. The minimum atomic E-state index is -0.550. The summed E-state index contributed by atoms with van der Waals surface area (Å²) in [6.07, 6.45) is 3.05. The molecule has 11 heteroatoms. The molecule has 1 aliphatic heterocycles. The maximum atomic E-state index is 12.7. The third-order valence-corrected chi connectivity index (χ3v) is 7.43. The number of thiocarbonyl (C=S) groups is 1. The van der Waals surface area contributed by atoms with E-state index in [0.29, 0.717) is 35.9 Å². The normalized spacial score (nSPS) is 14.9. The quantitative estimate of drug-likeness (QED) is 0.127. The molecular formula is C24H14ClNO6S3. The molecule has 176 valence electrons. The van der Waals surface area contributed by atoms with Gasteiger partial charge in [-0.2, -0.15) is 0 Å². The van der Waals surface area contributed by atoms with Crippen LogP contribution in [0.3, 0.4) is 0 Å². The van der Waals surface area contributed by atoms with E-state index in [2.05, 4.69) is 0 Å². The second-order valence-electron chi connectivity index (χ2n) is 7.33. The number of ether oxygens (including phenoxy) is 1. The Kier molecular flexibility index (Phi) is 6.61. The lowest BCUT2D eigenvalue weighted by molar-refractivity contribution is -0.134. The number of carbonyl (C=O) groups is 2. The van der Waals surface area contributed by atoms with Crippen molar-refractivity contribution in [3.05, 3.63) is 80.2 Å². The van der Waals surface area contributed by atoms with E-state index in [4.69, 9.17) is 37.4 Å². The maximum Gasteiger partial charge on any atom is 0.396 e. The van der Waals surface area contributed by atoms with E-state index in [1.165, 1.54) is 11.2 Å². The van der Waals surface area contributed by atoms with Crippen LogP contribution in [0.5, 0.6) is 5.75 Å². The summed E-state index contributed by atoms with van der Waals surface area (Å²) in [6, 6.07) is 13.7. The molecule has 1 amide bonds. The van der Waals surface area contributed by atoms with Crippen molar-refractivity contribution in [3.63, 3.8) is 0 Å².